The highest BCUT2D eigenvalue weighted by Gasteiger charge is 2.32. The normalized spacial score (nSPS) is 18.0. The van der Waals surface area contributed by atoms with Crippen molar-refractivity contribution in [1.29, 1.82) is 0 Å². The van der Waals surface area contributed by atoms with Crippen molar-refractivity contribution < 1.29 is 23.8 Å². The van der Waals surface area contributed by atoms with Crippen molar-refractivity contribution in [2.75, 3.05) is 24.8 Å². The fraction of sp³-hybridized carbons (Fsp3) is 0.222. The molecule has 0 bridgehead atoms. The third kappa shape index (κ3) is 3.25. The minimum Gasteiger partial charge on any atom is -0.454 e. The number of nitrogens with zero attached hydrogens (tertiary/aromatic N) is 1. The highest BCUT2D eigenvalue weighted by atomic mass is 35.5. The van der Waals surface area contributed by atoms with Gasteiger partial charge in [-0.15, -0.1) is 0 Å². The molecule has 1 unspecified atom stereocenters. The van der Waals surface area contributed by atoms with E-state index < -0.39 is 12.2 Å². The van der Waals surface area contributed by atoms with E-state index in [1.807, 2.05) is 0 Å². The molecule has 0 saturated carbocycles. The van der Waals surface area contributed by atoms with E-state index in [4.69, 9.17) is 25.8 Å². The molecule has 2 aromatic rings. The largest absolute Gasteiger partial charge is 0.454 e. The molecule has 2 aliphatic heterocycles. The molecule has 8 heteroatoms. The maximum absolute atomic E-state index is 12.3. The minimum atomic E-state index is -0.449. The van der Waals surface area contributed by atoms with E-state index in [9.17, 15) is 9.59 Å². The van der Waals surface area contributed by atoms with Gasteiger partial charge in [0.2, 0.25) is 6.79 Å². The van der Waals surface area contributed by atoms with Gasteiger partial charge in [0, 0.05) is 16.3 Å². The summed E-state index contributed by atoms with van der Waals surface area (Å²) in [6, 6.07) is 11.9. The zero-order chi connectivity index (χ0) is 18.1. The molecule has 134 valence electrons. The van der Waals surface area contributed by atoms with Gasteiger partial charge in [0.05, 0.1) is 13.1 Å². The number of cyclic esters (lactones) is 1. The Morgan fingerprint density at radius 2 is 1.92 bits per heavy atom. The fourth-order valence-electron chi connectivity index (χ4n) is 2.81. The lowest BCUT2D eigenvalue weighted by molar-refractivity contribution is 0.0915. The van der Waals surface area contributed by atoms with E-state index in [0.29, 0.717) is 34.3 Å². The van der Waals surface area contributed by atoms with Crippen LogP contribution in [-0.4, -0.2) is 38.0 Å². The first-order chi connectivity index (χ1) is 12.6. The van der Waals surface area contributed by atoms with Crippen molar-refractivity contribution in [1.82, 2.24) is 5.32 Å². The lowest BCUT2D eigenvalue weighted by atomic mass is 10.2. The number of halogens is 1. The zero-order valence-corrected chi connectivity index (χ0v) is 14.4. The van der Waals surface area contributed by atoms with Crippen LogP contribution < -0.4 is 19.7 Å². The van der Waals surface area contributed by atoms with Crippen molar-refractivity contribution in [3.8, 4) is 11.5 Å². The number of anilines is 1. The molecule has 1 N–H and O–H groups in total. The van der Waals surface area contributed by atoms with Gasteiger partial charge in [-0.1, -0.05) is 11.6 Å². The minimum absolute atomic E-state index is 0.152. The molecule has 4 rings (SSSR count). The first-order valence-corrected chi connectivity index (χ1v) is 8.39. The van der Waals surface area contributed by atoms with Crippen molar-refractivity contribution in [2.45, 2.75) is 6.10 Å². The predicted octanol–water partition coefficient (Wildman–Crippen LogP) is 2.82. The lowest BCUT2D eigenvalue weighted by Gasteiger charge is -2.13. The summed E-state index contributed by atoms with van der Waals surface area (Å²) in [6.45, 7) is 0.712. The second-order valence-corrected chi connectivity index (χ2v) is 6.31. The Bertz CT molecular complexity index is 855. The number of hydrogen-bond donors (Lipinski definition) is 1. The first kappa shape index (κ1) is 16.5. The summed E-state index contributed by atoms with van der Waals surface area (Å²) >= 11 is 5.86. The lowest BCUT2D eigenvalue weighted by Crippen LogP contribution is -2.34. The summed E-state index contributed by atoms with van der Waals surface area (Å²) in [5.74, 6) is 0.882. The van der Waals surface area contributed by atoms with Crippen molar-refractivity contribution >= 4 is 29.3 Å². The number of carbonyl (C=O) groups excluding carboxylic acids is 2. The molecule has 26 heavy (non-hydrogen) atoms. The number of fused-ring (bicyclic) bond motifs is 1. The number of hydrogen-bond acceptors (Lipinski definition) is 5. The van der Waals surface area contributed by atoms with Gasteiger partial charge in [-0.05, 0) is 42.5 Å². The second kappa shape index (κ2) is 6.76. The standard InChI is InChI=1S/C18H15ClN2O5/c19-12-2-4-13(5-3-12)21-9-14(26-18(21)23)8-20-17(22)11-1-6-15-16(7-11)25-10-24-15/h1-7,14H,8-10H2,(H,20,22). The molecule has 2 aromatic carbocycles. The molecule has 1 saturated heterocycles. The van der Waals surface area contributed by atoms with Gasteiger partial charge in [0.25, 0.3) is 5.91 Å². The van der Waals surface area contributed by atoms with Crippen LogP contribution in [0.4, 0.5) is 10.5 Å². The molecular formula is C18H15ClN2O5. The molecule has 7 nitrogen and oxygen atoms in total. The Labute approximate surface area is 154 Å². The van der Waals surface area contributed by atoms with E-state index in [0.717, 1.165) is 0 Å². The summed E-state index contributed by atoms with van der Waals surface area (Å²) in [6.07, 6.45) is -0.884. The molecular weight excluding hydrogens is 360 g/mol. The summed E-state index contributed by atoms with van der Waals surface area (Å²) in [5.41, 5.74) is 1.15. The maximum atomic E-state index is 12.3. The Kier molecular flexibility index (Phi) is 4.30. The van der Waals surface area contributed by atoms with E-state index >= 15 is 0 Å². The van der Waals surface area contributed by atoms with Crippen molar-refractivity contribution in [3.05, 3.63) is 53.1 Å². The predicted molar refractivity (Wildman–Crippen MR) is 94.0 cm³/mol. The van der Waals surface area contributed by atoms with Crippen LogP contribution in [0.15, 0.2) is 42.5 Å². The van der Waals surface area contributed by atoms with E-state index in [1.54, 1.807) is 42.5 Å². The zero-order valence-electron chi connectivity index (χ0n) is 13.6. The number of benzene rings is 2. The number of amides is 2. The molecule has 1 fully saturated rings. The smallest absolute Gasteiger partial charge is 0.414 e. The highest BCUT2D eigenvalue weighted by molar-refractivity contribution is 6.30. The van der Waals surface area contributed by atoms with Crippen LogP contribution in [0.25, 0.3) is 0 Å². The van der Waals surface area contributed by atoms with E-state index in [2.05, 4.69) is 5.32 Å². The SMILES string of the molecule is O=C(NCC1CN(c2ccc(Cl)cc2)C(=O)O1)c1ccc2c(c1)OCO2. The Morgan fingerprint density at radius 1 is 1.15 bits per heavy atom. The van der Waals surface area contributed by atoms with Gasteiger partial charge in [-0.3, -0.25) is 9.69 Å². The summed E-state index contributed by atoms with van der Waals surface area (Å²) in [4.78, 5) is 25.8. The van der Waals surface area contributed by atoms with E-state index in [1.165, 1.54) is 4.90 Å². The fourth-order valence-corrected chi connectivity index (χ4v) is 2.93. The summed E-state index contributed by atoms with van der Waals surface area (Å²) < 4.78 is 15.8. The van der Waals surface area contributed by atoms with Gasteiger partial charge in [-0.2, -0.15) is 0 Å². The molecule has 0 radical (unpaired) electrons. The third-order valence-electron chi connectivity index (χ3n) is 4.14. The topological polar surface area (TPSA) is 77.1 Å². The van der Waals surface area contributed by atoms with Gasteiger partial charge in [-0.25, -0.2) is 4.79 Å². The van der Waals surface area contributed by atoms with Crippen LogP contribution in [0, 0.1) is 0 Å². The number of ether oxygens (including phenoxy) is 3. The maximum Gasteiger partial charge on any atom is 0.414 e. The molecule has 0 spiro atoms. The first-order valence-electron chi connectivity index (χ1n) is 8.02. The van der Waals surface area contributed by atoms with E-state index in [-0.39, 0.29) is 19.2 Å². The average molecular weight is 375 g/mol. The number of nitrogens with one attached hydrogen (secondary N) is 1. The molecule has 0 aliphatic carbocycles. The van der Waals surface area contributed by atoms with Crippen molar-refractivity contribution in [2.24, 2.45) is 0 Å². The Morgan fingerprint density at radius 3 is 2.73 bits per heavy atom. The molecule has 2 heterocycles. The monoisotopic (exact) mass is 374 g/mol. The van der Waals surface area contributed by atoms with Gasteiger partial charge in [0.1, 0.15) is 6.10 Å². The van der Waals surface area contributed by atoms with Crippen LogP contribution in [0.3, 0.4) is 0 Å². The van der Waals surface area contributed by atoms with Crippen LogP contribution in [-0.2, 0) is 4.74 Å². The molecule has 0 aromatic heterocycles. The quantitative estimate of drug-likeness (QED) is 0.890. The van der Waals surface area contributed by atoms with Crippen LogP contribution in [0.5, 0.6) is 11.5 Å². The van der Waals surface area contributed by atoms with Crippen LogP contribution in [0.2, 0.25) is 5.02 Å². The van der Waals surface area contributed by atoms with Gasteiger partial charge >= 0.3 is 6.09 Å². The molecule has 2 amide bonds. The number of rotatable bonds is 4. The molecule has 1 atom stereocenters. The van der Waals surface area contributed by atoms with Crippen molar-refractivity contribution in [3.63, 3.8) is 0 Å². The Balaban J connectivity index is 1.35. The van der Waals surface area contributed by atoms with Crippen LogP contribution >= 0.6 is 11.6 Å². The molecule has 2 aliphatic rings. The summed E-state index contributed by atoms with van der Waals surface area (Å²) in [7, 11) is 0. The van der Waals surface area contributed by atoms with Gasteiger partial charge in [0.15, 0.2) is 11.5 Å². The van der Waals surface area contributed by atoms with Crippen LogP contribution in [0.1, 0.15) is 10.4 Å². The second-order valence-electron chi connectivity index (χ2n) is 5.87. The summed E-state index contributed by atoms with van der Waals surface area (Å²) in [5, 5.41) is 3.36. The Hall–Kier alpha value is -2.93. The third-order valence-corrected chi connectivity index (χ3v) is 4.39. The highest BCUT2D eigenvalue weighted by Crippen LogP contribution is 2.32. The number of carbonyl (C=O) groups is 2. The average Bonchev–Trinajstić information content (AvgIpc) is 3.26. The van der Waals surface area contributed by atoms with Gasteiger partial charge < -0.3 is 19.5 Å².